The van der Waals surface area contributed by atoms with Crippen molar-refractivity contribution in [2.45, 2.75) is 30.6 Å². The van der Waals surface area contributed by atoms with Crippen LogP contribution in [0.1, 0.15) is 23.5 Å². The lowest BCUT2D eigenvalue weighted by atomic mass is 9.73. The second-order valence-electron chi connectivity index (χ2n) is 6.57. The first-order valence-electron chi connectivity index (χ1n) is 8.25. The molecule has 1 heterocycles. The zero-order chi connectivity index (χ0) is 19.6. The minimum Gasteiger partial charge on any atom is -0.368 e. The van der Waals surface area contributed by atoms with Crippen LogP contribution in [0.5, 0.6) is 0 Å². The Labute approximate surface area is 159 Å². The third-order valence-corrected chi connectivity index (χ3v) is 5.16. The van der Waals surface area contributed by atoms with Gasteiger partial charge in [0.2, 0.25) is 0 Å². The van der Waals surface area contributed by atoms with Crippen molar-refractivity contribution < 1.29 is 19.7 Å². The van der Waals surface area contributed by atoms with Crippen LogP contribution in [0.25, 0.3) is 0 Å². The van der Waals surface area contributed by atoms with E-state index in [9.17, 15) is 25.3 Å². The Hall–Kier alpha value is -2.55. The molecule has 1 fully saturated rings. The lowest BCUT2D eigenvalue weighted by Crippen LogP contribution is -2.55. The molecule has 0 unspecified atom stereocenters. The van der Waals surface area contributed by atoms with Crippen molar-refractivity contribution in [2.75, 3.05) is 6.61 Å². The number of halogens is 1. The van der Waals surface area contributed by atoms with Crippen molar-refractivity contribution in [3.8, 4) is 0 Å². The van der Waals surface area contributed by atoms with Crippen molar-refractivity contribution in [3.05, 3.63) is 84.9 Å². The van der Waals surface area contributed by atoms with Crippen LogP contribution in [-0.4, -0.2) is 33.4 Å². The number of nitrogens with zero attached hydrogens (tertiary/aromatic N) is 2. The summed E-state index contributed by atoms with van der Waals surface area (Å²) in [5, 5.41) is 33.4. The largest absolute Gasteiger partial charge is 0.368 e. The Morgan fingerprint density at radius 1 is 1.11 bits per heavy atom. The van der Waals surface area contributed by atoms with Gasteiger partial charge in [-0.2, -0.15) is 0 Å². The topological polar surface area (TPSA) is 116 Å². The summed E-state index contributed by atoms with van der Waals surface area (Å²) < 4.78 is 5.24. The third kappa shape index (κ3) is 3.92. The maximum Gasteiger partial charge on any atom is 0.269 e. The van der Waals surface area contributed by atoms with Gasteiger partial charge in [-0.1, -0.05) is 35.9 Å². The average Bonchev–Trinajstić information content (AvgIpc) is 2.64. The molecule has 0 saturated carbocycles. The molecule has 1 aliphatic heterocycles. The summed E-state index contributed by atoms with van der Waals surface area (Å²) in [5.74, 6) is -0.608. The smallest absolute Gasteiger partial charge is 0.269 e. The summed E-state index contributed by atoms with van der Waals surface area (Å²) in [6, 6.07) is 12.4. The molecule has 27 heavy (non-hydrogen) atoms. The molecule has 2 aromatic carbocycles. The number of hydrogen-bond donors (Lipinski definition) is 1. The summed E-state index contributed by atoms with van der Waals surface area (Å²) in [5.41, 5.74) is -0.335. The highest BCUT2D eigenvalue weighted by Gasteiger charge is 2.55. The van der Waals surface area contributed by atoms with Crippen molar-refractivity contribution in [3.63, 3.8) is 0 Å². The van der Waals surface area contributed by atoms with Crippen LogP contribution < -0.4 is 0 Å². The van der Waals surface area contributed by atoms with Gasteiger partial charge in [-0.3, -0.25) is 20.2 Å². The molecule has 0 spiro atoms. The highest BCUT2D eigenvalue weighted by atomic mass is 35.5. The summed E-state index contributed by atoms with van der Waals surface area (Å²) in [6.45, 7) is -0.272. The predicted molar refractivity (Wildman–Crippen MR) is 97.3 cm³/mol. The highest BCUT2D eigenvalue weighted by Crippen LogP contribution is 2.42. The number of aliphatic hydroxyl groups excluding tert-OH is 1. The molecule has 142 valence electrons. The van der Waals surface area contributed by atoms with Crippen molar-refractivity contribution in [1.82, 2.24) is 0 Å². The average molecular weight is 393 g/mol. The number of ether oxygens (including phenoxy) is 1. The maximum absolute atomic E-state index is 12.1. The molecular formula is C18H17ClN2O6. The van der Waals surface area contributed by atoms with Crippen molar-refractivity contribution in [2.24, 2.45) is 0 Å². The quantitative estimate of drug-likeness (QED) is 0.616. The number of nitro benzene ring substituents is 1. The van der Waals surface area contributed by atoms with E-state index in [1.54, 1.807) is 24.3 Å². The van der Waals surface area contributed by atoms with Gasteiger partial charge in [-0.05, 0) is 23.3 Å². The van der Waals surface area contributed by atoms with E-state index in [-0.39, 0.29) is 30.1 Å². The van der Waals surface area contributed by atoms with E-state index in [4.69, 9.17) is 16.3 Å². The van der Waals surface area contributed by atoms with Gasteiger partial charge in [-0.15, -0.1) is 0 Å². The zero-order valence-electron chi connectivity index (χ0n) is 14.2. The van der Waals surface area contributed by atoms with E-state index < -0.39 is 22.7 Å². The van der Waals surface area contributed by atoms with E-state index in [2.05, 4.69) is 0 Å². The summed E-state index contributed by atoms with van der Waals surface area (Å²) in [7, 11) is 0. The minimum absolute atomic E-state index is 0.0119. The third-order valence-electron chi connectivity index (χ3n) is 4.91. The first kappa shape index (κ1) is 19.2. The van der Waals surface area contributed by atoms with Gasteiger partial charge in [-0.25, -0.2) is 0 Å². The Balaban J connectivity index is 1.99. The number of non-ortho nitro benzene ring substituents is 1. The molecule has 8 nitrogen and oxygen atoms in total. The molecule has 9 heteroatoms. The molecule has 3 atom stereocenters. The summed E-state index contributed by atoms with van der Waals surface area (Å²) in [4.78, 5) is 22.0. The van der Waals surface area contributed by atoms with Crippen molar-refractivity contribution >= 4 is 17.3 Å². The Kier molecular flexibility index (Phi) is 5.41. The Morgan fingerprint density at radius 2 is 1.74 bits per heavy atom. The van der Waals surface area contributed by atoms with E-state index in [1.807, 2.05) is 0 Å². The highest BCUT2D eigenvalue weighted by molar-refractivity contribution is 6.30. The van der Waals surface area contributed by atoms with Crippen LogP contribution >= 0.6 is 11.6 Å². The number of aliphatic hydroxyl groups is 1. The van der Waals surface area contributed by atoms with Crippen LogP contribution in [0.2, 0.25) is 5.02 Å². The molecule has 1 saturated heterocycles. The number of benzene rings is 2. The van der Waals surface area contributed by atoms with Crippen LogP contribution in [0, 0.1) is 20.2 Å². The Bertz CT molecular complexity index is 842. The molecule has 1 N–H and O–H groups in total. The van der Waals surface area contributed by atoms with Crippen LogP contribution in [-0.2, 0) is 11.2 Å². The molecule has 0 amide bonds. The van der Waals surface area contributed by atoms with E-state index in [1.165, 1.54) is 24.3 Å². The van der Waals surface area contributed by atoms with E-state index in [0.717, 1.165) is 0 Å². The van der Waals surface area contributed by atoms with Crippen LogP contribution in [0.3, 0.4) is 0 Å². The maximum atomic E-state index is 12.1. The molecule has 0 radical (unpaired) electrons. The molecule has 2 aromatic rings. The van der Waals surface area contributed by atoms with Crippen LogP contribution in [0.4, 0.5) is 5.69 Å². The first-order valence-corrected chi connectivity index (χ1v) is 8.62. The fraction of sp³-hybridized carbons (Fsp3) is 0.333. The van der Waals surface area contributed by atoms with Gasteiger partial charge in [0.05, 0.1) is 10.8 Å². The molecule has 0 aromatic heterocycles. The monoisotopic (exact) mass is 392 g/mol. The second kappa shape index (κ2) is 7.59. The lowest BCUT2D eigenvalue weighted by Gasteiger charge is -2.39. The van der Waals surface area contributed by atoms with Gasteiger partial charge >= 0.3 is 0 Å². The molecule has 0 bridgehead atoms. The van der Waals surface area contributed by atoms with Crippen LogP contribution in [0.15, 0.2) is 48.5 Å². The van der Waals surface area contributed by atoms with Gasteiger partial charge < -0.3 is 9.84 Å². The minimum atomic E-state index is -1.51. The summed E-state index contributed by atoms with van der Waals surface area (Å²) in [6.07, 6.45) is -1.02. The number of rotatable bonds is 5. The SMILES string of the molecule is O=[N+]([O-])c1ccc(C[C@@]2([N+](=O)[O-])CO[C@H](O)C[C@@H]2c2ccc(Cl)cc2)cc1. The first-order chi connectivity index (χ1) is 12.8. The van der Waals surface area contributed by atoms with E-state index in [0.29, 0.717) is 16.1 Å². The number of hydrogen-bond acceptors (Lipinski definition) is 6. The standard InChI is InChI=1S/C18H17ClN2O6/c19-14-5-3-13(4-6-14)16-9-17(22)27-11-18(16,21(25)26)10-12-1-7-15(8-2-12)20(23)24/h1-8,16-17,22H,9-11H2/t16-,17+,18-/m1/s1. The van der Waals surface area contributed by atoms with Gasteiger partial charge in [0.15, 0.2) is 6.29 Å². The molecule has 3 rings (SSSR count). The number of nitro groups is 2. The normalized spacial score (nSPS) is 25.1. The lowest BCUT2D eigenvalue weighted by molar-refractivity contribution is -0.587. The fourth-order valence-corrected chi connectivity index (χ4v) is 3.61. The van der Waals surface area contributed by atoms with E-state index >= 15 is 0 Å². The zero-order valence-corrected chi connectivity index (χ0v) is 14.9. The van der Waals surface area contributed by atoms with Crippen molar-refractivity contribution in [1.29, 1.82) is 0 Å². The fourth-order valence-electron chi connectivity index (χ4n) is 3.48. The second-order valence-corrected chi connectivity index (χ2v) is 7.00. The summed E-state index contributed by atoms with van der Waals surface area (Å²) >= 11 is 5.92. The van der Waals surface area contributed by atoms with Gasteiger partial charge in [0.1, 0.15) is 6.61 Å². The Morgan fingerprint density at radius 3 is 2.30 bits per heavy atom. The predicted octanol–water partition coefficient (Wildman–Crippen LogP) is 3.33. The van der Waals surface area contributed by atoms with Gasteiger partial charge in [0.25, 0.3) is 11.2 Å². The molecule has 1 aliphatic rings. The van der Waals surface area contributed by atoms with Gasteiger partial charge in [0, 0.05) is 34.9 Å². The molecular weight excluding hydrogens is 376 g/mol. The molecule has 0 aliphatic carbocycles.